The summed E-state index contributed by atoms with van der Waals surface area (Å²) in [6.45, 7) is 3.87. The van der Waals surface area contributed by atoms with Gasteiger partial charge in [-0.05, 0) is 135 Å². The molecule has 5 heteroatoms. The fourth-order valence-electron chi connectivity index (χ4n) is 7.37. The van der Waals surface area contributed by atoms with E-state index in [4.69, 9.17) is 9.47 Å². The SMILES string of the molecule is CC/C=C\C/C=C\C/C=C\C/C=C\C/C=C\C/C=C\C/C=C\C/C=C\C/C=C\CCCCCC(=O)OC(CO)COC(=O)CCCCCCCCCCCC/C=C\C/C=C\C/C=C\C/C=C\C/C=C\C/C=C\CC. The molecular weight excluding hydrogens is 909 g/mol. The fourth-order valence-corrected chi connectivity index (χ4v) is 7.37. The first-order chi connectivity index (χ1) is 36.6. The van der Waals surface area contributed by atoms with Crippen molar-refractivity contribution in [2.24, 2.45) is 0 Å². The van der Waals surface area contributed by atoms with E-state index < -0.39 is 6.10 Å². The zero-order valence-corrected chi connectivity index (χ0v) is 47.0. The van der Waals surface area contributed by atoms with Crippen LogP contribution in [0.5, 0.6) is 0 Å². The molecule has 0 aliphatic carbocycles. The number of rotatable bonds is 51. The molecule has 0 amide bonds. The van der Waals surface area contributed by atoms with Crippen LogP contribution in [0.25, 0.3) is 0 Å². The predicted octanol–water partition coefficient (Wildman–Crippen LogP) is 20.3. The molecule has 0 fully saturated rings. The zero-order valence-electron chi connectivity index (χ0n) is 47.0. The van der Waals surface area contributed by atoms with Crippen molar-refractivity contribution in [3.05, 3.63) is 182 Å². The summed E-state index contributed by atoms with van der Waals surface area (Å²) in [7, 11) is 0. The Hall–Kier alpha value is -5.00. The van der Waals surface area contributed by atoms with Crippen LogP contribution in [0.2, 0.25) is 0 Å². The molecule has 0 saturated heterocycles. The minimum absolute atomic E-state index is 0.0949. The van der Waals surface area contributed by atoms with Crippen LogP contribution in [0.15, 0.2) is 182 Å². The normalized spacial score (nSPS) is 13.6. The van der Waals surface area contributed by atoms with Gasteiger partial charge in [0.1, 0.15) is 6.61 Å². The number of ether oxygens (including phenoxy) is 2. The molecule has 0 saturated carbocycles. The summed E-state index contributed by atoms with van der Waals surface area (Å²) in [5.41, 5.74) is 0. The fraction of sp³-hybridized carbons (Fsp3) is 0.536. The van der Waals surface area contributed by atoms with Crippen LogP contribution < -0.4 is 0 Å². The molecule has 0 radical (unpaired) electrons. The lowest BCUT2D eigenvalue weighted by atomic mass is 10.1. The average molecular weight is 1020 g/mol. The van der Waals surface area contributed by atoms with Crippen molar-refractivity contribution < 1.29 is 24.2 Å². The first-order valence-electron chi connectivity index (χ1n) is 29.3. The maximum Gasteiger partial charge on any atom is 0.306 e. The molecule has 0 aromatic rings. The van der Waals surface area contributed by atoms with Gasteiger partial charge in [-0.25, -0.2) is 0 Å². The van der Waals surface area contributed by atoms with E-state index in [0.29, 0.717) is 12.8 Å². The Morgan fingerprint density at radius 2 is 0.541 bits per heavy atom. The van der Waals surface area contributed by atoms with Crippen molar-refractivity contribution in [1.29, 1.82) is 0 Å². The van der Waals surface area contributed by atoms with E-state index in [2.05, 4.69) is 196 Å². The molecule has 0 aromatic heterocycles. The van der Waals surface area contributed by atoms with Crippen LogP contribution in [0, 0.1) is 0 Å². The topological polar surface area (TPSA) is 72.8 Å². The van der Waals surface area contributed by atoms with Crippen LogP contribution in [0.4, 0.5) is 0 Å². The first-order valence-corrected chi connectivity index (χ1v) is 29.3. The third kappa shape index (κ3) is 59.6. The van der Waals surface area contributed by atoms with E-state index in [-0.39, 0.29) is 25.2 Å². The maximum atomic E-state index is 12.3. The second-order valence-corrected chi connectivity index (χ2v) is 18.6. The van der Waals surface area contributed by atoms with Gasteiger partial charge in [0.15, 0.2) is 6.10 Å². The Kier molecular flexibility index (Phi) is 58.1. The van der Waals surface area contributed by atoms with E-state index in [9.17, 15) is 14.7 Å². The Balaban J connectivity index is 3.66. The Morgan fingerprint density at radius 3 is 0.824 bits per heavy atom. The number of aliphatic hydroxyl groups excluding tert-OH is 1. The third-order valence-electron chi connectivity index (χ3n) is 11.7. The Labute approximate surface area is 455 Å². The monoisotopic (exact) mass is 1010 g/mol. The summed E-state index contributed by atoms with van der Waals surface area (Å²) in [6.07, 6.45) is 98.5. The van der Waals surface area contributed by atoms with Crippen molar-refractivity contribution in [3.8, 4) is 0 Å². The summed E-state index contributed by atoms with van der Waals surface area (Å²) in [5.74, 6) is -0.648. The van der Waals surface area contributed by atoms with E-state index in [0.717, 1.165) is 141 Å². The summed E-state index contributed by atoms with van der Waals surface area (Å²) in [6, 6.07) is 0. The second-order valence-electron chi connectivity index (χ2n) is 18.6. The molecule has 0 aliphatic heterocycles. The lowest BCUT2D eigenvalue weighted by molar-refractivity contribution is -0.161. The number of allylic oxidation sites excluding steroid dienone is 30. The molecule has 74 heavy (non-hydrogen) atoms. The number of aliphatic hydroxyl groups is 1. The predicted molar refractivity (Wildman–Crippen MR) is 324 cm³/mol. The number of carbonyl (C=O) groups excluding carboxylic acids is 2. The quantitative estimate of drug-likeness (QED) is 0.0373. The Morgan fingerprint density at radius 1 is 0.311 bits per heavy atom. The van der Waals surface area contributed by atoms with Gasteiger partial charge in [0.2, 0.25) is 0 Å². The summed E-state index contributed by atoms with van der Waals surface area (Å²) < 4.78 is 10.7. The zero-order chi connectivity index (χ0) is 53.4. The van der Waals surface area contributed by atoms with Crippen molar-refractivity contribution >= 4 is 11.9 Å². The molecule has 412 valence electrons. The van der Waals surface area contributed by atoms with Crippen LogP contribution in [0.1, 0.15) is 219 Å². The van der Waals surface area contributed by atoms with Gasteiger partial charge in [-0.1, -0.05) is 254 Å². The molecule has 0 rings (SSSR count). The van der Waals surface area contributed by atoms with Crippen molar-refractivity contribution in [1.82, 2.24) is 0 Å². The van der Waals surface area contributed by atoms with Crippen LogP contribution in [0.3, 0.4) is 0 Å². The molecule has 0 aliphatic rings. The lowest BCUT2D eigenvalue weighted by Gasteiger charge is -2.15. The molecule has 0 bridgehead atoms. The van der Waals surface area contributed by atoms with Gasteiger partial charge in [-0.15, -0.1) is 0 Å². The molecule has 1 N–H and O–H groups in total. The van der Waals surface area contributed by atoms with E-state index in [1.165, 1.54) is 51.4 Å². The number of hydrogen-bond donors (Lipinski definition) is 1. The number of hydrogen-bond acceptors (Lipinski definition) is 5. The van der Waals surface area contributed by atoms with E-state index in [1.807, 2.05) is 0 Å². The van der Waals surface area contributed by atoms with Crippen molar-refractivity contribution in [2.45, 2.75) is 225 Å². The smallest absolute Gasteiger partial charge is 0.306 e. The van der Waals surface area contributed by atoms with Crippen LogP contribution >= 0.6 is 0 Å². The van der Waals surface area contributed by atoms with Gasteiger partial charge in [0.05, 0.1) is 6.61 Å². The van der Waals surface area contributed by atoms with E-state index in [1.54, 1.807) is 0 Å². The molecule has 0 heterocycles. The molecule has 5 nitrogen and oxygen atoms in total. The van der Waals surface area contributed by atoms with Gasteiger partial charge >= 0.3 is 11.9 Å². The summed E-state index contributed by atoms with van der Waals surface area (Å²) in [5, 5.41) is 9.66. The van der Waals surface area contributed by atoms with Crippen molar-refractivity contribution in [3.63, 3.8) is 0 Å². The van der Waals surface area contributed by atoms with Gasteiger partial charge < -0.3 is 14.6 Å². The Bertz CT molecular complexity index is 1720. The molecular formula is C69H106O5. The highest BCUT2D eigenvalue weighted by Crippen LogP contribution is 2.13. The second kappa shape index (κ2) is 62.3. The highest BCUT2D eigenvalue weighted by molar-refractivity contribution is 5.70. The molecule has 1 atom stereocenters. The van der Waals surface area contributed by atoms with Gasteiger partial charge in [-0.2, -0.15) is 0 Å². The number of unbranched alkanes of at least 4 members (excludes halogenated alkanes) is 13. The molecule has 1 unspecified atom stereocenters. The summed E-state index contributed by atoms with van der Waals surface area (Å²) >= 11 is 0. The number of carbonyl (C=O) groups is 2. The largest absolute Gasteiger partial charge is 0.462 e. The lowest BCUT2D eigenvalue weighted by Crippen LogP contribution is -2.28. The highest BCUT2D eigenvalue weighted by Gasteiger charge is 2.16. The molecule has 0 aromatic carbocycles. The third-order valence-corrected chi connectivity index (χ3v) is 11.7. The van der Waals surface area contributed by atoms with E-state index >= 15 is 0 Å². The minimum Gasteiger partial charge on any atom is -0.462 e. The summed E-state index contributed by atoms with van der Waals surface area (Å²) in [4.78, 5) is 24.6. The maximum absolute atomic E-state index is 12.3. The van der Waals surface area contributed by atoms with Crippen LogP contribution in [-0.2, 0) is 19.1 Å². The average Bonchev–Trinajstić information content (AvgIpc) is 3.40. The molecule has 0 spiro atoms. The first kappa shape index (κ1) is 69.0. The number of esters is 2. The van der Waals surface area contributed by atoms with Gasteiger partial charge in [-0.3, -0.25) is 9.59 Å². The van der Waals surface area contributed by atoms with Gasteiger partial charge in [0, 0.05) is 12.8 Å². The minimum atomic E-state index is -0.808. The standard InChI is InChI=1S/C69H106O5/c1-3-5-7-9-11-13-15-17-19-21-23-25-27-29-31-33-34-36-38-40-42-44-46-48-50-52-54-56-58-60-62-64-69(72)74-67(65-70)66-73-68(71)63-61-59-57-55-53-51-49-47-45-43-41-39-37-35-32-30-28-26-24-22-20-18-16-14-12-10-8-6-4-2/h5-8,11-14,17-20,23-26,29-32,34,36-37,39-40,42,46,48,52,54,67,70H,3-4,9-10,15-16,21-22,27-28,33,35,38,41,43-45,47,49-51,53,55-66H2,1-2H3/b7-5-,8-6-,13-11-,14-12-,19-17-,20-18-,25-23-,26-24-,31-29-,32-30-,36-34-,39-37-,42-40-,48-46-,54-52-. The highest BCUT2D eigenvalue weighted by atomic mass is 16.6. The van der Waals surface area contributed by atoms with Gasteiger partial charge in [0.25, 0.3) is 0 Å². The van der Waals surface area contributed by atoms with Crippen molar-refractivity contribution in [2.75, 3.05) is 13.2 Å². The van der Waals surface area contributed by atoms with Crippen LogP contribution in [-0.4, -0.2) is 36.4 Å².